The van der Waals surface area contributed by atoms with Crippen molar-refractivity contribution in [3.63, 3.8) is 0 Å². The first kappa shape index (κ1) is 40.9. The number of quaternary nitrogens is 1. The summed E-state index contributed by atoms with van der Waals surface area (Å²) < 4.78 is 1.09. The largest absolute Gasteiger partial charge is 0.391 e. The molecule has 0 aliphatic heterocycles. The second-order valence-electron chi connectivity index (χ2n) is 14.1. The van der Waals surface area contributed by atoms with Gasteiger partial charge in [-0.1, -0.05) is 194 Å². The lowest BCUT2D eigenvalue weighted by atomic mass is 10.0. The van der Waals surface area contributed by atoms with Crippen molar-refractivity contribution < 1.29 is 9.59 Å². The summed E-state index contributed by atoms with van der Waals surface area (Å²) in [5.41, 5.74) is 0. The highest BCUT2D eigenvalue weighted by atomic mass is 16.3. The average Bonchev–Trinajstić information content (AvgIpc) is 2.97. The van der Waals surface area contributed by atoms with E-state index >= 15 is 0 Å². The molecule has 0 saturated carbocycles. The molecule has 0 bridgehead atoms. The lowest BCUT2D eigenvalue weighted by Gasteiger charge is -2.34. The molecule has 0 spiro atoms. The molecule has 41 heavy (non-hydrogen) atoms. The van der Waals surface area contributed by atoms with Crippen LogP contribution < -0.4 is 0 Å². The van der Waals surface area contributed by atoms with Crippen LogP contribution in [-0.4, -0.2) is 42.9 Å². The molecule has 0 heterocycles. The van der Waals surface area contributed by atoms with E-state index in [9.17, 15) is 5.11 Å². The molecule has 0 amide bonds. The molecule has 0 aliphatic carbocycles. The predicted molar refractivity (Wildman–Crippen MR) is 187 cm³/mol. The minimum absolute atomic E-state index is 0.341. The molecule has 0 fully saturated rings. The molecule has 2 nitrogen and oxygen atoms in total. The van der Waals surface area contributed by atoms with E-state index in [2.05, 4.69) is 20.9 Å². The van der Waals surface area contributed by atoms with Gasteiger partial charge in [-0.15, -0.1) is 0 Å². The second kappa shape index (κ2) is 34.4. The molecule has 0 aromatic rings. The first-order valence-electron chi connectivity index (χ1n) is 19.6. The summed E-state index contributed by atoms with van der Waals surface area (Å²) in [7, 11) is 2.40. The van der Waals surface area contributed by atoms with Crippen LogP contribution in [0.4, 0.5) is 0 Å². The third kappa shape index (κ3) is 32.7. The Morgan fingerprint density at radius 1 is 0.293 bits per heavy atom. The molecule has 0 aromatic carbocycles. The van der Waals surface area contributed by atoms with Gasteiger partial charge in [0.05, 0.1) is 26.7 Å². The molecule has 248 valence electrons. The zero-order chi connectivity index (χ0) is 30.0. The fraction of sp³-hybridized carbons (Fsp3) is 1.00. The monoisotopic (exact) mass is 581 g/mol. The third-order valence-corrected chi connectivity index (χ3v) is 9.74. The molecule has 0 unspecified atom stereocenters. The maximum absolute atomic E-state index is 9.66. The van der Waals surface area contributed by atoms with Crippen LogP contribution in [0.15, 0.2) is 0 Å². The van der Waals surface area contributed by atoms with Gasteiger partial charge in [-0.3, -0.25) is 0 Å². The van der Waals surface area contributed by atoms with Gasteiger partial charge in [-0.25, -0.2) is 0 Å². The molecule has 1 N–H and O–H groups in total. The van der Waals surface area contributed by atoms with Gasteiger partial charge < -0.3 is 9.59 Å². The first-order valence-corrected chi connectivity index (χ1v) is 19.6. The topological polar surface area (TPSA) is 20.2 Å². The summed E-state index contributed by atoms with van der Waals surface area (Å²) in [6, 6.07) is 0. The van der Waals surface area contributed by atoms with Crippen molar-refractivity contribution in [3.05, 3.63) is 0 Å². The molecular formula is C39H82NO+. The fourth-order valence-corrected chi connectivity index (χ4v) is 6.66. The summed E-state index contributed by atoms with van der Waals surface area (Å²) in [5.74, 6) is 0. The van der Waals surface area contributed by atoms with E-state index in [0.29, 0.717) is 6.61 Å². The average molecular weight is 581 g/mol. The first-order chi connectivity index (χ1) is 20.2. The highest BCUT2D eigenvalue weighted by molar-refractivity contribution is 4.53. The van der Waals surface area contributed by atoms with Crippen molar-refractivity contribution in [1.29, 1.82) is 0 Å². The second-order valence-corrected chi connectivity index (χ2v) is 14.1. The van der Waals surface area contributed by atoms with Gasteiger partial charge in [-0.2, -0.15) is 0 Å². The molecular weight excluding hydrogens is 498 g/mol. The number of aliphatic hydroxyl groups excluding tert-OH is 1. The standard InChI is InChI=1S/C39H82NO/c1-4-6-8-10-12-14-16-18-20-22-24-26-28-30-32-34-36-40(3,38-39-41)37-35-33-31-29-27-25-23-21-19-17-15-13-11-9-7-5-2/h41H,4-39H2,1-3H3/q+1. The maximum Gasteiger partial charge on any atom is 0.102 e. The minimum Gasteiger partial charge on any atom is -0.391 e. The van der Waals surface area contributed by atoms with Crippen molar-refractivity contribution in [2.24, 2.45) is 0 Å². The van der Waals surface area contributed by atoms with E-state index in [1.165, 1.54) is 219 Å². The Morgan fingerprint density at radius 3 is 0.683 bits per heavy atom. The predicted octanol–water partition coefficient (Wildman–Crippen LogP) is 12.9. The summed E-state index contributed by atoms with van der Waals surface area (Å²) in [6.07, 6.45) is 45.9. The lowest BCUT2D eigenvalue weighted by Crippen LogP contribution is -2.47. The molecule has 0 rings (SSSR count). The van der Waals surface area contributed by atoms with Gasteiger partial charge in [0.25, 0.3) is 0 Å². The summed E-state index contributed by atoms with van der Waals surface area (Å²) in [4.78, 5) is 0. The number of hydrogen-bond acceptors (Lipinski definition) is 1. The van der Waals surface area contributed by atoms with Crippen molar-refractivity contribution in [3.8, 4) is 0 Å². The van der Waals surface area contributed by atoms with Crippen LogP contribution >= 0.6 is 0 Å². The molecule has 0 saturated heterocycles. The van der Waals surface area contributed by atoms with Crippen LogP contribution in [0.5, 0.6) is 0 Å². The van der Waals surface area contributed by atoms with Gasteiger partial charge >= 0.3 is 0 Å². The van der Waals surface area contributed by atoms with Crippen LogP contribution in [0.25, 0.3) is 0 Å². The molecule has 0 aromatic heterocycles. The van der Waals surface area contributed by atoms with Crippen molar-refractivity contribution in [2.75, 3.05) is 33.3 Å². The van der Waals surface area contributed by atoms with Gasteiger partial charge in [0.2, 0.25) is 0 Å². The number of aliphatic hydroxyl groups is 1. The highest BCUT2D eigenvalue weighted by Crippen LogP contribution is 2.17. The van der Waals surface area contributed by atoms with Crippen LogP contribution in [0.1, 0.15) is 219 Å². The Labute approximate surface area is 261 Å². The molecule has 0 radical (unpaired) electrons. The molecule has 0 atom stereocenters. The minimum atomic E-state index is 0.341. The van der Waals surface area contributed by atoms with Gasteiger partial charge in [0.15, 0.2) is 0 Å². The lowest BCUT2D eigenvalue weighted by molar-refractivity contribution is -0.910. The smallest absolute Gasteiger partial charge is 0.102 e. The van der Waals surface area contributed by atoms with E-state index in [1.807, 2.05) is 0 Å². The van der Waals surface area contributed by atoms with Gasteiger partial charge in [0.1, 0.15) is 6.54 Å². The maximum atomic E-state index is 9.66. The normalized spacial score (nSPS) is 12.0. The quantitative estimate of drug-likeness (QED) is 0.0577. The summed E-state index contributed by atoms with van der Waals surface area (Å²) in [5, 5.41) is 9.66. The van der Waals surface area contributed by atoms with Crippen LogP contribution in [0.3, 0.4) is 0 Å². The Kier molecular flexibility index (Phi) is 34.3. The Balaban J connectivity index is 3.49. The zero-order valence-corrected chi connectivity index (χ0v) is 29.4. The highest BCUT2D eigenvalue weighted by Gasteiger charge is 2.19. The van der Waals surface area contributed by atoms with Crippen molar-refractivity contribution in [2.45, 2.75) is 219 Å². The molecule has 2 heteroatoms. The number of rotatable bonds is 36. The Morgan fingerprint density at radius 2 is 0.488 bits per heavy atom. The number of unbranched alkanes of at least 4 members (excludes halogenated alkanes) is 30. The van der Waals surface area contributed by atoms with Crippen molar-refractivity contribution in [1.82, 2.24) is 0 Å². The van der Waals surface area contributed by atoms with E-state index in [-0.39, 0.29) is 0 Å². The van der Waals surface area contributed by atoms with Gasteiger partial charge in [0, 0.05) is 0 Å². The third-order valence-electron chi connectivity index (χ3n) is 9.74. The van der Waals surface area contributed by atoms with E-state index in [4.69, 9.17) is 0 Å². The number of nitrogens with zero attached hydrogens (tertiary/aromatic N) is 1. The van der Waals surface area contributed by atoms with Crippen LogP contribution in [0.2, 0.25) is 0 Å². The van der Waals surface area contributed by atoms with Crippen LogP contribution in [0, 0.1) is 0 Å². The summed E-state index contributed by atoms with van der Waals surface area (Å²) in [6.45, 7) is 8.41. The van der Waals surface area contributed by atoms with Gasteiger partial charge in [-0.05, 0) is 25.7 Å². The van der Waals surface area contributed by atoms with E-state index in [1.54, 1.807) is 0 Å². The Hall–Kier alpha value is -0.0800. The fourth-order valence-electron chi connectivity index (χ4n) is 6.66. The Bertz CT molecular complexity index is 428. The zero-order valence-electron chi connectivity index (χ0n) is 29.4. The summed E-state index contributed by atoms with van der Waals surface area (Å²) >= 11 is 0. The number of likely N-dealkylation sites (N-methyl/N-ethyl adjacent to an activating group) is 1. The van der Waals surface area contributed by atoms with E-state index in [0.717, 1.165) is 11.0 Å². The molecule has 0 aliphatic rings. The number of hydrogen-bond donors (Lipinski definition) is 1. The van der Waals surface area contributed by atoms with E-state index < -0.39 is 0 Å². The van der Waals surface area contributed by atoms with Crippen molar-refractivity contribution >= 4 is 0 Å². The SMILES string of the molecule is CCCCCCCCCCCCCCCCCC[N+](C)(CCO)CCCCCCCCCCCCCCCCCC. The van der Waals surface area contributed by atoms with Crippen LogP contribution in [-0.2, 0) is 0 Å².